The summed E-state index contributed by atoms with van der Waals surface area (Å²) in [6.07, 6.45) is 11.7. The molecule has 4 unspecified atom stereocenters. The highest BCUT2D eigenvalue weighted by atomic mass is 16.1. The molecule has 3 bridgehead atoms. The number of fused-ring (bicyclic) bond motifs is 3. The third kappa shape index (κ3) is 2.07. The predicted octanol–water partition coefficient (Wildman–Crippen LogP) is 5.09. The van der Waals surface area contributed by atoms with Crippen molar-refractivity contribution in [3.8, 4) is 0 Å². The Kier molecular flexibility index (Phi) is 3.10. The first-order valence-electron chi connectivity index (χ1n) is 10.0. The molecule has 4 atom stereocenters. The van der Waals surface area contributed by atoms with Gasteiger partial charge in [0.05, 0.1) is 5.69 Å². The Labute approximate surface area is 145 Å². The summed E-state index contributed by atoms with van der Waals surface area (Å²) in [6, 6.07) is 4.35. The van der Waals surface area contributed by atoms with Gasteiger partial charge in [0.25, 0.3) is 0 Å². The molecule has 2 heteroatoms. The summed E-state index contributed by atoms with van der Waals surface area (Å²) < 4.78 is 0. The van der Waals surface area contributed by atoms with Crippen molar-refractivity contribution >= 4 is 5.78 Å². The standard InChI is InChI=1S/C22H29NO/c1-21(2)9-7-18-17(20(21)24)5-6-19(23-18)22-8-3-4-15-10-14(12-22)11-16(15)13-22/h5-6,14-16H,3-4,7-13H2,1-2H3. The van der Waals surface area contributed by atoms with Crippen LogP contribution in [-0.4, -0.2) is 10.8 Å². The van der Waals surface area contributed by atoms with Crippen LogP contribution in [0.15, 0.2) is 12.1 Å². The molecule has 0 aromatic carbocycles. The van der Waals surface area contributed by atoms with Gasteiger partial charge in [0.1, 0.15) is 0 Å². The summed E-state index contributed by atoms with van der Waals surface area (Å²) in [5.74, 6) is 3.18. The first kappa shape index (κ1) is 15.1. The molecule has 0 radical (unpaired) electrons. The van der Waals surface area contributed by atoms with Gasteiger partial charge in [-0.3, -0.25) is 9.78 Å². The van der Waals surface area contributed by atoms with Crippen LogP contribution < -0.4 is 0 Å². The van der Waals surface area contributed by atoms with Gasteiger partial charge in [-0.2, -0.15) is 0 Å². The van der Waals surface area contributed by atoms with Crippen molar-refractivity contribution in [3.05, 3.63) is 29.1 Å². The largest absolute Gasteiger partial charge is 0.294 e. The van der Waals surface area contributed by atoms with Crippen LogP contribution in [0.2, 0.25) is 0 Å². The SMILES string of the molecule is CC1(C)CCc2nc(C34CCCC5CC(CC5C3)C4)ccc2C1=O. The molecule has 5 rings (SSSR count). The van der Waals surface area contributed by atoms with E-state index in [1.165, 1.54) is 50.6 Å². The van der Waals surface area contributed by atoms with Crippen LogP contribution >= 0.6 is 0 Å². The van der Waals surface area contributed by atoms with Gasteiger partial charge < -0.3 is 0 Å². The number of Topliss-reactive ketones (excluding diaryl/α,β-unsaturated/α-hetero) is 1. The zero-order chi connectivity index (χ0) is 16.5. The van der Waals surface area contributed by atoms with Crippen LogP contribution in [0.4, 0.5) is 0 Å². The highest BCUT2D eigenvalue weighted by molar-refractivity contribution is 6.01. The number of ketones is 1. The number of carbonyl (C=O) groups excluding carboxylic acids is 1. The number of aromatic nitrogens is 1. The minimum atomic E-state index is -0.214. The molecule has 0 amide bonds. The molecule has 0 saturated heterocycles. The molecular formula is C22H29NO. The number of carbonyl (C=O) groups is 1. The molecule has 0 aliphatic heterocycles. The van der Waals surface area contributed by atoms with Crippen LogP contribution in [0.1, 0.15) is 87.0 Å². The fourth-order valence-corrected chi connectivity index (χ4v) is 6.59. The van der Waals surface area contributed by atoms with Crippen molar-refractivity contribution in [2.24, 2.45) is 23.2 Å². The Balaban J connectivity index is 1.55. The molecule has 1 aromatic heterocycles. The van der Waals surface area contributed by atoms with Gasteiger partial charge in [-0.25, -0.2) is 0 Å². The first-order valence-corrected chi connectivity index (χ1v) is 10.0. The molecule has 24 heavy (non-hydrogen) atoms. The summed E-state index contributed by atoms with van der Waals surface area (Å²) >= 11 is 0. The van der Waals surface area contributed by atoms with Crippen LogP contribution in [0.25, 0.3) is 0 Å². The zero-order valence-corrected chi connectivity index (χ0v) is 15.1. The second-order valence-electron chi connectivity index (χ2n) is 9.84. The normalized spacial score (nSPS) is 39.6. The smallest absolute Gasteiger partial charge is 0.170 e. The van der Waals surface area contributed by atoms with E-state index in [4.69, 9.17) is 4.98 Å². The van der Waals surface area contributed by atoms with Crippen molar-refractivity contribution in [2.45, 2.75) is 77.0 Å². The molecule has 1 heterocycles. The lowest BCUT2D eigenvalue weighted by atomic mass is 9.65. The summed E-state index contributed by atoms with van der Waals surface area (Å²) in [4.78, 5) is 17.9. The monoisotopic (exact) mass is 323 g/mol. The summed E-state index contributed by atoms with van der Waals surface area (Å²) in [6.45, 7) is 4.16. The highest BCUT2D eigenvalue weighted by Crippen LogP contribution is 2.59. The second kappa shape index (κ2) is 4.93. The summed E-state index contributed by atoms with van der Waals surface area (Å²) in [5.41, 5.74) is 3.42. The Bertz CT molecular complexity index is 706. The maximum Gasteiger partial charge on any atom is 0.170 e. The average Bonchev–Trinajstić information content (AvgIpc) is 2.77. The fraction of sp³-hybridized carbons (Fsp3) is 0.727. The van der Waals surface area contributed by atoms with Crippen molar-refractivity contribution in [1.29, 1.82) is 0 Å². The molecule has 0 spiro atoms. The third-order valence-electron chi connectivity index (χ3n) is 7.87. The third-order valence-corrected chi connectivity index (χ3v) is 7.87. The maximum atomic E-state index is 12.7. The van der Waals surface area contributed by atoms with E-state index in [1.54, 1.807) is 0 Å². The quantitative estimate of drug-likeness (QED) is 0.720. The predicted molar refractivity (Wildman–Crippen MR) is 95.1 cm³/mol. The van der Waals surface area contributed by atoms with E-state index in [-0.39, 0.29) is 5.41 Å². The molecular weight excluding hydrogens is 294 g/mol. The Morgan fingerprint density at radius 2 is 1.92 bits per heavy atom. The number of hydrogen-bond donors (Lipinski definition) is 0. The number of rotatable bonds is 1. The van der Waals surface area contributed by atoms with Gasteiger partial charge in [-0.05, 0) is 74.8 Å². The first-order chi connectivity index (χ1) is 11.5. The van der Waals surface area contributed by atoms with Gasteiger partial charge in [-0.15, -0.1) is 0 Å². The molecule has 0 N–H and O–H groups in total. The maximum absolute atomic E-state index is 12.7. The summed E-state index contributed by atoms with van der Waals surface area (Å²) in [5, 5.41) is 0. The van der Waals surface area contributed by atoms with E-state index < -0.39 is 0 Å². The minimum absolute atomic E-state index is 0.214. The van der Waals surface area contributed by atoms with Crippen LogP contribution in [0.5, 0.6) is 0 Å². The van der Waals surface area contributed by atoms with E-state index in [0.29, 0.717) is 11.2 Å². The molecule has 128 valence electrons. The number of aryl methyl sites for hydroxylation is 1. The van der Waals surface area contributed by atoms with Gasteiger partial charge >= 0.3 is 0 Å². The van der Waals surface area contributed by atoms with Gasteiger partial charge in [0.15, 0.2) is 5.78 Å². The average molecular weight is 323 g/mol. The molecule has 2 nitrogen and oxygen atoms in total. The van der Waals surface area contributed by atoms with E-state index in [2.05, 4.69) is 26.0 Å². The van der Waals surface area contributed by atoms with Gasteiger partial charge in [0.2, 0.25) is 0 Å². The number of pyridine rings is 1. The van der Waals surface area contributed by atoms with Crippen molar-refractivity contribution in [1.82, 2.24) is 4.98 Å². The Hall–Kier alpha value is -1.18. The number of hydrogen-bond acceptors (Lipinski definition) is 2. The fourth-order valence-electron chi connectivity index (χ4n) is 6.59. The molecule has 3 fully saturated rings. The van der Waals surface area contributed by atoms with E-state index in [0.717, 1.165) is 41.9 Å². The second-order valence-corrected chi connectivity index (χ2v) is 9.84. The van der Waals surface area contributed by atoms with Gasteiger partial charge in [0, 0.05) is 22.1 Å². The topological polar surface area (TPSA) is 30.0 Å². The minimum Gasteiger partial charge on any atom is -0.294 e. The van der Waals surface area contributed by atoms with Crippen molar-refractivity contribution in [3.63, 3.8) is 0 Å². The van der Waals surface area contributed by atoms with E-state index in [1.807, 2.05) is 0 Å². The van der Waals surface area contributed by atoms with E-state index in [9.17, 15) is 4.79 Å². The Morgan fingerprint density at radius 1 is 1.08 bits per heavy atom. The molecule has 4 aliphatic rings. The van der Waals surface area contributed by atoms with Crippen molar-refractivity contribution < 1.29 is 4.79 Å². The van der Waals surface area contributed by atoms with Crippen LogP contribution in [0.3, 0.4) is 0 Å². The molecule has 4 aliphatic carbocycles. The molecule has 1 aromatic rings. The van der Waals surface area contributed by atoms with Gasteiger partial charge in [-0.1, -0.05) is 26.7 Å². The van der Waals surface area contributed by atoms with E-state index >= 15 is 0 Å². The Morgan fingerprint density at radius 3 is 2.79 bits per heavy atom. The van der Waals surface area contributed by atoms with Crippen LogP contribution in [-0.2, 0) is 11.8 Å². The zero-order valence-electron chi connectivity index (χ0n) is 15.1. The number of nitrogens with zero attached hydrogens (tertiary/aromatic N) is 1. The van der Waals surface area contributed by atoms with Crippen molar-refractivity contribution in [2.75, 3.05) is 0 Å². The lowest BCUT2D eigenvalue weighted by molar-refractivity contribution is 0.0808. The highest BCUT2D eigenvalue weighted by Gasteiger charge is 2.51. The lowest BCUT2D eigenvalue weighted by Gasteiger charge is -2.40. The lowest BCUT2D eigenvalue weighted by Crippen LogP contribution is -2.36. The molecule has 3 saturated carbocycles. The summed E-state index contributed by atoms with van der Waals surface area (Å²) in [7, 11) is 0. The van der Waals surface area contributed by atoms with Crippen LogP contribution in [0, 0.1) is 23.2 Å².